The maximum atomic E-state index is 11.4. The number of carbonyl (C=O) groups excluding carboxylic acids is 1. The average molecular weight is 150 g/mol. The Morgan fingerprint density at radius 3 is 3.18 bits per heavy atom. The van der Waals surface area contributed by atoms with Crippen LogP contribution in [0.15, 0.2) is 24.3 Å². The van der Waals surface area contributed by atoms with Gasteiger partial charge in [-0.05, 0) is 11.6 Å². The molecule has 2 rings (SSSR count). The monoisotopic (exact) mass is 150 g/mol. The van der Waals surface area contributed by atoms with E-state index in [0.29, 0.717) is 5.69 Å². The molecule has 0 saturated heterocycles. The molecule has 1 aliphatic rings. The topological polar surface area (TPSA) is 20.3 Å². The van der Waals surface area contributed by atoms with Gasteiger partial charge in [-0.1, -0.05) is 18.2 Å². The predicted octanol–water partition coefficient (Wildman–Crippen LogP) is 1.21. The number of carbonyl (C=O) groups is 1. The second kappa shape index (κ2) is 2.09. The van der Waals surface area contributed by atoms with Crippen molar-refractivity contribution in [1.82, 2.24) is 0 Å². The summed E-state index contributed by atoms with van der Waals surface area (Å²) in [5.41, 5.74) is 1.30. The molecule has 0 bridgehead atoms. The van der Waals surface area contributed by atoms with Gasteiger partial charge in [0.15, 0.2) is 0 Å². The highest BCUT2D eigenvalue weighted by molar-refractivity contribution is 6.00. The van der Waals surface area contributed by atoms with Gasteiger partial charge in [-0.3, -0.25) is 4.79 Å². The van der Waals surface area contributed by atoms with E-state index in [4.69, 9.17) is 4.11 Å². The molecule has 1 heterocycles. The fraction of sp³-hybridized carbons (Fsp3) is 0.222. The van der Waals surface area contributed by atoms with Crippen molar-refractivity contribution in [2.24, 2.45) is 0 Å². The number of hydrogen-bond donors (Lipinski definition) is 0. The van der Waals surface area contributed by atoms with Crippen LogP contribution < -0.4 is 4.90 Å². The van der Waals surface area contributed by atoms with E-state index in [1.807, 2.05) is 0 Å². The number of fused-ring (bicyclic) bond motifs is 1. The van der Waals surface area contributed by atoms with E-state index in [1.165, 1.54) is 0 Å². The summed E-state index contributed by atoms with van der Waals surface area (Å²) in [7, 11) is 0. The molecule has 0 saturated carbocycles. The number of hydrogen-bond acceptors (Lipinski definition) is 1. The smallest absolute Gasteiger partial charge is 0.231 e. The van der Waals surface area contributed by atoms with E-state index in [0.717, 1.165) is 10.5 Å². The van der Waals surface area contributed by atoms with Gasteiger partial charge in [0.25, 0.3) is 0 Å². The van der Waals surface area contributed by atoms with Crippen LogP contribution in [-0.4, -0.2) is 12.9 Å². The van der Waals surface area contributed by atoms with Crippen molar-refractivity contribution in [1.29, 1.82) is 0 Å². The fourth-order valence-corrected chi connectivity index (χ4v) is 1.25. The van der Waals surface area contributed by atoms with Crippen LogP contribution in [0.5, 0.6) is 0 Å². The Bertz CT molecular complexity index is 386. The molecular weight excluding hydrogens is 138 g/mol. The molecule has 0 aromatic heterocycles. The molecule has 1 aromatic rings. The molecule has 2 heteroatoms. The van der Waals surface area contributed by atoms with Crippen molar-refractivity contribution in [3.63, 3.8) is 0 Å². The largest absolute Gasteiger partial charge is 0.315 e. The normalized spacial score (nSPS) is 20.5. The Morgan fingerprint density at radius 1 is 1.55 bits per heavy atom. The summed E-state index contributed by atoms with van der Waals surface area (Å²) in [5.74, 6) is -0.355. The second-order valence-corrected chi connectivity index (χ2v) is 2.53. The van der Waals surface area contributed by atoms with Gasteiger partial charge in [0, 0.05) is 16.8 Å². The van der Waals surface area contributed by atoms with Crippen molar-refractivity contribution >= 4 is 11.6 Å². The lowest BCUT2D eigenvalue weighted by Crippen LogP contribution is -2.20. The molecule has 1 amide bonds. The van der Waals surface area contributed by atoms with Gasteiger partial charge in [-0.2, -0.15) is 0 Å². The highest BCUT2D eigenvalue weighted by Gasteiger charge is 2.22. The third kappa shape index (κ3) is 0.827. The summed E-state index contributed by atoms with van der Waals surface area (Å²) in [6.07, 6.45) is 0.189. The fourth-order valence-electron chi connectivity index (χ4n) is 1.25. The van der Waals surface area contributed by atoms with Gasteiger partial charge >= 0.3 is 0 Å². The van der Waals surface area contributed by atoms with E-state index in [1.54, 1.807) is 24.3 Å². The highest BCUT2D eigenvalue weighted by atomic mass is 16.2. The Kier molecular flexibility index (Phi) is 0.741. The van der Waals surface area contributed by atoms with Crippen molar-refractivity contribution < 1.29 is 8.91 Å². The van der Waals surface area contributed by atoms with Crippen LogP contribution in [0.2, 0.25) is 0 Å². The number of anilines is 1. The Morgan fingerprint density at radius 2 is 2.36 bits per heavy atom. The minimum atomic E-state index is -2.37. The molecule has 0 atom stereocenters. The van der Waals surface area contributed by atoms with Gasteiger partial charge < -0.3 is 4.90 Å². The van der Waals surface area contributed by atoms with E-state index in [2.05, 4.69) is 0 Å². The number of amides is 1. The highest BCUT2D eigenvalue weighted by Crippen LogP contribution is 2.26. The van der Waals surface area contributed by atoms with Crippen LogP contribution in [0.25, 0.3) is 0 Å². The zero-order chi connectivity index (χ0) is 10.3. The number of rotatable bonds is 0. The summed E-state index contributed by atoms with van der Waals surface area (Å²) in [4.78, 5) is 12.3. The van der Waals surface area contributed by atoms with E-state index < -0.39 is 6.98 Å². The van der Waals surface area contributed by atoms with E-state index in [-0.39, 0.29) is 12.3 Å². The van der Waals surface area contributed by atoms with Crippen LogP contribution in [0.3, 0.4) is 0 Å². The molecule has 11 heavy (non-hydrogen) atoms. The first-order valence-electron chi connectivity index (χ1n) is 4.91. The second-order valence-electron chi connectivity index (χ2n) is 2.53. The lowest BCUT2D eigenvalue weighted by Gasteiger charge is -2.08. The van der Waals surface area contributed by atoms with Crippen molar-refractivity contribution in [3.8, 4) is 0 Å². The van der Waals surface area contributed by atoms with E-state index in [9.17, 15) is 4.79 Å². The summed E-state index contributed by atoms with van der Waals surface area (Å²) in [5, 5.41) is 0. The van der Waals surface area contributed by atoms with Crippen LogP contribution in [0, 0.1) is 0 Å². The maximum absolute atomic E-state index is 11.4. The number of nitrogens with zero attached hydrogens (tertiary/aromatic N) is 1. The van der Waals surface area contributed by atoms with Gasteiger partial charge in [0.2, 0.25) is 5.91 Å². The third-order valence-corrected chi connectivity index (χ3v) is 1.82. The Hall–Kier alpha value is -1.31. The Labute approximate surface area is 69.7 Å². The summed E-state index contributed by atoms with van der Waals surface area (Å²) < 4.78 is 21.7. The molecule has 0 unspecified atom stereocenters. The minimum absolute atomic E-state index is 0.189. The average Bonchev–Trinajstić information content (AvgIpc) is 2.38. The molecule has 0 N–H and O–H groups in total. The minimum Gasteiger partial charge on any atom is -0.315 e. The van der Waals surface area contributed by atoms with Crippen molar-refractivity contribution in [2.75, 3.05) is 11.9 Å². The molecule has 0 radical (unpaired) electrons. The summed E-state index contributed by atoms with van der Waals surface area (Å²) in [6.45, 7) is -2.37. The first-order chi connectivity index (χ1) is 6.50. The zero-order valence-electron chi connectivity index (χ0n) is 8.87. The van der Waals surface area contributed by atoms with Crippen LogP contribution >= 0.6 is 0 Å². The first-order valence-corrected chi connectivity index (χ1v) is 3.41. The van der Waals surface area contributed by atoms with E-state index >= 15 is 0 Å². The number of para-hydroxylation sites is 1. The van der Waals surface area contributed by atoms with Crippen molar-refractivity contribution in [3.05, 3.63) is 29.8 Å². The van der Waals surface area contributed by atoms with Crippen LogP contribution in [0.4, 0.5) is 5.69 Å². The number of likely N-dealkylation sites (N-methyl/N-ethyl adjacent to an activating group) is 1. The molecular formula is C9H9NO. The van der Waals surface area contributed by atoms with Gasteiger partial charge in [-0.15, -0.1) is 0 Å². The van der Waals surface area contributed by atoms with Gasteiger partial charge in [0.05, 0.1) is 6.42 Å². The van der Waals surface area contributed by atoms with Gasteiger partial charge in [0.1, 0.15) is 0 Å². The lowest BCUT2D eigenvalue weighted by atomic mass is 10.2. The molecule has 56 valence electrons. The van der Waals surface area contributed by atoms with Crippen LogP contribution in [0.1, 0.15) is 9.68 Å². The quantitative estimate of drug-likeness (QED) is 0.544. The third-order valence-electron chi connectivity index (χ3n) is 1.82. The molecule has 2 nitrogen and oxygen atoms in total. The summed E-state index contributed by atoms with van der Waals surface area (Å²) in [6, 6.07) is 6.97. The molecule has 1 aromatic carbocycles. The van der Waals surface area contributed by atoms with Crippen molar-refractivity contribution in [2.45, 2.75) is 6.42 Å². The predicted molar refractivity (Wildman–Crippen MR) is 43.6 cm³/mol. The SMILES string of the molecule is [2H]C([2H])([2H])N1C(=O)Cc2ccccc21. The number of benzene rings is 1. The standard InChI is InChI=1S/C9H9NO/c1-10-8-5-3-2-4-7(8)6-9(10)11/h2-5H,6H2,1H3/i1D3. The summed E-state index contributed by atoms with van der Waals surface area (Å²) >= 11 is 0. The molecule has 0 aliphatic carbocycles. The zero-order valence-corrected chi connectivity index (χ0v) is 5.87. The van der Waals surface area contributed by atoms with Crippen LogP contribution in [-0.2, 0) is 11.2 Å². The Balaban J connectivity index is 2.50. The first kappa shape index (κ1) is 3.90. The molecule has 0 fully saturated rings. The van der Waals surface area contributed by atoms with Gasteiger partial charge in [-0.25, -0.2) is 0 Å². The lowest BCUT2D eigenvalue weighted by molar-refractivity contribution is -0.117. The molecule has 0 spiro atoms. The molecule has 1 aliphatic heterocycles. The maximum Gasteiger partial charge on any atom is 0.231 e.